The average molecular weight is 314 g/mol. The molecule has 1 saturated heterocycles. The number of carbonyl (C=O) groups is 1. The Balaban J connectivity index is 1.91. The van der Waals surface area contributed by atoms with Crippen LogP contribution in [0.3, 0.4) is 0 Å². The second-order valence-corrected chi connectivity index (χ2v) is 7.29. The normalized spacial score (nSPS) is 19.4. The van der Waals surface area contributed by atoms with Crippen LogP contribution < -0.4 is 0 Å². The van der Waals surface area contributed by atoms with Crippen LogP contribution in [0.1, 0.15) is 31.7 Å². The molecule has 1 aliphatic rings. The molecule has 3 rings (SSSR count). The molecule has 2 aromatic rings. The molecule has 4 heteroatoms. The number of rotatable bonds is 2. The zero-order valence-corrected chi connectivity index (χ0v) is 14.2. The van der Waals surface area contributed by atoms with Gasteiger partial charge in [-0.1, -0.05) is 30.3 Å². The van der Waals surface area contributed by atoms with Gasteiger partial charge in [0.1, 0.15) is 0 Å². The minimum absolute atomic E-state index is 0.134. The van der Waals surface area contributed by atoms with Crippen molar-refractivity contribution in [2.45, 2.75) is 19.9 Å². The molecule has 116 valence electrons. The molecule has 3 nitrogen and oxygen atoms in total. The Morgan fingerprint density at radius 1 is 1.18 bits per heavy atom. The summed E-state index contributed by atoms with van der Waals surface area (Å²) in [4.78, 5) is 19.4. The third-order valence-corrected chi connectivity index (χ3v) is 5.55. The Morgan fingerprint density at radius 2 is 1.91 bits per heavy atom. The fourth-order valence-electron chi connectivity index (χ4n) is 2.94. The summed E-state index contributed by atoms with van der Waals surface area (Å²) < 4.78 is 0. The Hall–Kier alpha value is -1.65. The van der Waals surface area contributed by atoms with Gasteiger partial charge in [-0.15, -0.1) is 11.3 Å². The third-order valence-electron chi connectivity index (χ3n) is 4.41. The molecule has 1 aromatic heterocycles. The highest BCUT2D eigenvalue weighted by molar-refractivity contribution is 7.14. The highest BCUT2D eigenvalue weighted by Crippen LogP contribution is 2.29. The van der Waals surface area contributed by atoms with Crippen LogP contribution in [0.2, 0.25) is 0 Å². The molecule has 0 saturated carbocycles. The zero-order valence-electron chi connectivity index (χ0n) is 13.4. The Labute approximate surface area is 136 Å². The second-order valence-electron chi connectivity index (χ2n) is 6.04. The second kappa shape index (κ2) is 6.23. The van der Waals surface area contributed by atoms with Gasteiger partial charge >= 0.3 is 0 Å². The van der Waals surface area contributed by atoms with Crippen molar-refractivity contribution in [2.75, 3.05) is 26.7 Å². The van der Waals surface area contributed by atoms with E-state index in [1.807, 2.05) is 29.2 Å². The van der Waals surface area contributed by atoms with Crippen molar-refractivity contribution in [3.05, 3.63) is 57.3 Å². The molecule has 22 heavy (non-hydrogen) atoms. The average Bonchev–Trinajstić information content (AvgIpc) is 2.87. The molecule has 1 aromatic carbocycles. The maximum absolute atomic E-state index is 13.0. The number of benzene rings is 1. The predicted molar refractivity (Wildman–Crippen MR) is 91.5 cm³/mol. The van der Waals surface area contributed by atoms with Crippen LogP contribution >= 0.6 is 11.3 Å². The van der Waals surface area contributed by atoms with Crippen molar-refractivity contribution in [1.29, 1.82) is 0 Å². The molecular formula is C18H22N2OS. The lowest BCUT2D eigenvalue weighted by molar-refractivity contribution is 0.0503. The van der Waals surface area contributed by atoms with Gasteiger partial charge in [0.05, 0.1) is 10.9 Å². The van der Waals surface area contributed by atoms with Crippen molar-refractivity contribution in [2.24, 2.45) is 0 Å². The van der Waals surface area contributed by atoms with E-state index < -0.39 is 0 Å². The first-order valence-corrected chi connectivity index (χ1v) is 8.49. The van der Waals surface area contributed by atoms with Gasteiger partial charge in [-0.05, 0) is 38.1 Å². The van der Waals surface area contributed by atoms with Crippen LogP contribution in [0.25, 0.3) is 0 Å². The van der Waals surface area contributed by atoms with Crippen molar-refractivity contribution in [3.8, 4) is 0 Å². The summed E-state index contributed by atoms with van der Waals surface area (Å²) in [5, 5.41) is 0. The van der Waals surface area contributed by atoms with Gasteiger partial charge < -0.3 is 9.80 Å². The van der Waals surface area contributed by atoms with E-state index in [1.165, 1.54) is 16.0 Å². The molecular weight excluding hydrogens is 292 g/mol. The maximum atomic E-state index is 13.0. The van der Waals surface area contributed by atoms with Crippen LogP contribution in [0.15, 0.2) is 36.4 Å². The molecule has 1 amide bonds. The molecule has 1 atom stereocenters. The Kier molecular flexibility index (Phi) is 4.32. The quantitative estimate of drug-likeness (QED) is 0.847. The summed E-state index contributed by atoms with van der Waals surface area (Å²) in [5.74, 6) is 0.170. The van der Waals surface area contributed by atoms with Crippen molar-refractivity contribution in [3.63, 3.8) is 0 Å². The Morgan fingerprint density at radius 3 is 2.55 bits per heavy atom. The van der Waals surface area contributed by atoms with Crippen molar-refractivity contribution in [1.82, 2.24) is 9.80 Å². The SMILES string of the molecule is Cc1cc(C(=O)N2CCN(C)C[C@@H]2c2ccccc2)sc1C. The number of nitrogens with zero attached hydrogens (tertiary/aromatic N) is 2. The molecule has 0 unspecified atom stereocenters. The van der Waals surface area contributed by atoms with Crippen LogP contribution in [0, 0.1) is 13.8 Å². The van der Waals surface area contributed by atoms with E-state index >= 15 is 0 Å². The lowest BCUT2D eigenvalue weighted by Crippen LogP contribution is -2.49. The monoisotopic (exact) mass is 314 g/mol. The van der Waals surface area contributed by atoms with E-state index in [0.29, 0.717) is 0 Å². The number of hydrogen-bond acceptors (Lipinski definition) is 3. The van der Waals surface area contributed by atoms with Gasteiger partial charge in [0.15, 0.2) is 0 Å². The van der Waals surface area contributed by atoms with Gasteiger partial charge in [-0.25, -0.2) is 0 Å². The van der Waals surface area contributed by atoms with Crippen LogP contribution in [0.5, 0.6) is 0 Å². The number of aryl methyl sites for hydroxylation is 2. The minimum atomic E-state index is 0.134. The zero-order chi connectivity index (χ0) is 15.7. The molecule has 0 spiro atoms. The number of thiophene rings is 1. The van der Waals surface area contributed by atoms with Crippen molar-refractivity contribution < 1.29 is 4.79 Å². The summed E-state index contributed by atoms with van der Waals surface area (Å²) in [6.07, 6.45) is 0. The largest absolute Gasteiger partial charge is 0.328 e. The van der Waals surface area contributed by atoms with Crippen molar-refractivity contribution >= 4 is 17.2 Å². The first kappa shape index (κ1) is 15.3. The number of hydrogen-bond donors (Lipinski definition) is 0. The first-order chi connectivity index (χ1) is 10.6. The van der Waals surface area contributed by atoms with E-state index in [1.54, 1.807) is 11.3 Å². The van der Waals surface area contributed by atoms with Crippen LogP contribution in [0.4, 0.5) is 0 Å². The van der Waals surface area contributed by atoms with Gasteiger partial charge in [0, 0.05) is 24.5 Å². The maximum Gasteiger partial charge on any atom is 0.264 e. The van der Waals surface area contributed by atoms with Gasteiger partial charge in [0.2, 0.25) is 0 Å². The molecule has 0 radical (unpaired) electrons. The highest BCUT2D eigenvalue weighted by atomic mass is 32.1. The summed E-state index contributed by atoms with van der Waals surface area (Å²) in [5.41, 5.74) is 2.42. The fourth-order valence-corrected chi connectivity index (χ4v) is 3.93. The highest BCUT2D eigenvalue weighted by Gasteiger charge is 2.31. The lowest BCUT2D eigenvalue weighted by atomic mass is 10.0. The van der Waals surface area contributed by atoms with Crippen LogP contribution in [-0.2, 0) is 0 Å². The molecule has 2 heterocycles. The summed E-state index contributed by atoms with van der Waals surface area (Å²) in [6, 6.07) is 12.5. The molecule has 1 aliphatic heterocycles. The smallest absolute Gasteiger partial charge is 0.264 e. The number of piperazine rings is 1. The summed E-state index contributed by atoms with van der Waals surface area (Å²) in [6.45, 7) is 6.75. The molecule has 0 N–H and O–H groups in total. The molecule has 0 bridgehead atoms. The summed E-state index contributed by atoms with van der Waals surface area (Å²) >= 11 is 1.61. The Bertz CT molecular complexity index is 645. The van der Waals surface area contributed by atoms with E-state index in [9.17, 15) is 4.79 Å². The summed E-state index contributed by atoms with van der Waals surface area (Å²) in [7, 11) is 2.12. The molecule has 1 fully saturated rings. The predicted octanol–water partition coefficient (Wildman–Crippen LogP) is 3.49. The van der Waals surface area contributed by atoms with Gasteiger partial charge in [0.25, 0.3) is 5.91 Å². The lowest BCUT2D eigenvalue weighted by Gasteiger charge is -2.40. The number of carbonyl (C=O) groups excluding carboxylic acids is 1. The van der Waals surface area contributed by atoms with Crippen LogP contribution in [-0.4, -0.2) is 42.4 Å². The number of amides is 1. The standard InChI is InChI=1S/C18H22N2OS/c1-13-11-17(22-14(13)2)18(21)20-10-9-19(3)12-16(20)15-7-5-4-6-8-15/h4-8,11,16H,9-10,12H2,1-3H3/t16-/m1/s1. The third kappa shape index (κ3) is 2.94. The number of likely N-dealkylation sites (N-methyl/N-ethyl adjacent to an activating group) is 1. The minimum Gasteiger partial charge on any atom is -0.328 e. The van der Waals surface area contributed by atoms with Gasteiger partial charge in [-0.3, -0.25) is 4.79 Å². The van der Waals surface area contributed by atoms with E-state index in [-0.39, 0.29) is 11.9 Å². The topological polar surface area (TPSA) is 23.6 Å². The first-order valence-electron chi connectivity index (χ1n) is 7.68. The van der Waals surface area contributed by atoms with E-state index in [4.69, 9.17) is 0 Å². The fraction of sp³-hybridized carbons (Fsp3) is 0.389. The van der Waals surface area contributed by atoms with E-state index in [0.717, 1.165) is 24.5 Å². The van der Waals surface area contributed by atoms with E-state index in [2.05, 4.69) is 37.9 Å². The molecule has 0 aliphatic carbocycles. The van der Waals surface area contributed by atoms with Gasteiger partial charge in [-0.2, -0.15) is 0 Å².